The van der Waals surface area contributed by atoms with Gasteiger partial charge in [0.1, 0.15) is 5.75 Å². The van der Waals surface area contributed by atoms with Crippen molar-refractivity contribution in [1.82, 2.24) is 19.4 Å². The summed E-state index contributed by atoms with van der Waals surface area (Å²) in [5, 5.41) is 0. The minimum Gasteiger partial charge on any atom is -0.495 e. The van der Waals surface area contributed by atoms with E-state index in [2.05, 4.69) is 27.0 Å². The van der Waals surface area contributed by atoms with Crippen molar-refractivity contribution in [3.63, 3.8) is 0 Å². The number of methoxy groups -OCH3 is 1. The third-order valence-corrected chi connectivity index (χ3v) is 6.00. The molecule has 2 aliphatic heterocycles. The lowest BCUT2D eigenvalue weighted by molar-refractivity contribution is 0.114. The van der Waals surface area contributed by atoms with Crippen molar-refractivity contribution in [2.45, 2.75) is 25.4 Å². The third-order valence-electron chi connectivity index (χ3n) is 6.00. The van der Waals surface area contributed by atoms with Gasteiger partial charge in [-0.25, -0.2) is 0 Å². The summed E-state index contributed by atoms with van der Waals surface area (Å²) in [7, 11) is 1.67. The Hall–Kier alpha value is -2.99. The monoisotopic (exact) mass is 388 g/mol. The van der Waals surface area contributed by atoms with Gasteiger partial charge in [-0.05, 0) is 42.2 Å². The number of pyridine rings is 3. The van der Waals surface area contributed by atoms with Crippen molar-refractivity contribution >= 4 is 0 Å². The molecule has 0 aliphatic carbocycles. The van der Waals surface area contributed by atoms with E-state index in [4.69, 9.17) is 4.74 Å². The zero-order chi connectivity index (χ0) is 19.8. The largest absolute Gasteiger partial charge is 0.495 e. The number of fused-ring (bicyclic) bond motifs is 4. The van der Waals surface area contributed by atoms with Crippen LogP contribution >= 0.6 is 0 Å². The number of ether oxygens (including phenoxy) is 1. The second-order valence-corrected chi connectivity index (χ2v) is 8.06. The first kappa shape index (κ1) is 18.1. The van der Waals surface area contributed by atoms with Crippen LogP contribution in [0.5, 0.6) is 5.75 Å². The van der Waals surface area contributed by atoms with E-state index in [1.807, 2.05) is 29.0 Å². The van der Waals surface area contributed by atoms with E-state index in [0.29, 0.717) is 11.8 Å². The highest BCUT2D eigenvalue weighted by Gasteiger charge is 2.35. The molecule has 0 amide bonds. The molecule has 5 rings (SSSR count). The van der Waals surface area contributed by atoms with Crippen LogP contribution in [0.2, 0.25) is 0 Å². The van der Waals surface area contributed by atoms with Crippen molar-refractivity contribution < 1.29 is 4.74 Å². The van der Waals surface area contributed by atoms with Crippen LogP contribution in [0.4, 0.5) is 0 Å². The van der Waals surface area contributed by atoms with Crippen molar-refractivity contribution in [3.05, 3.63) is 76.6 Å². The maximum atomic E-state index is 12.8. The summed E-state index contributed by atoms with van der Waals surface area (Å²) >= 11 is 0. The highest BCUT2D eigenvalue weighted by atomic mass is 16.5. The van der Waals surface area contributed by atoms with Crippen LogP contribution in [0.1, 0.15) is 23.6 Å². The van der Waals surface area contributed by atoms with Gasteiger partial charge in [0.05, 0.1) is 19.0 Å². The Balaban J connectivity index is 1.43. The van der Waals surface area contributed by atoms with E-state index >= 15 is 0 Å². The maximum Gasteiger partial charge on any atom is 0.251 e. The van der Waals surface area contributed by atoms with Crippen LogP contribution in [0.25, 0.3) is 11.3 Å². The molecule has 148 valence electrons. The minimum atomic E-state index is 0.0864. The first-order chi connectivity index (χ1) is 14.2. The van der Waals surface area contributed by atoms with Gasteiger partial charge in [0.2, 0.25) is 0 Å². The molecule has 1 saturated heterocycles. The summed E-state index contributed by atoms with van der Waals surface area (Å²) in [6.45, 7) is 3.59. The van der Waals surface area contributed by atoms with Gasteiger partial charge in [0.25, 0.3) is 5.56 Å². The van der Waals surface area contributed by atoms with Gasteiger partial charge in [-0.3, -0.25) is 19.7 Å². The number of nitrogens with zero attached hydrogens (tertiary/aromatic N) is 4. The van der Waals surface area contributed by atoms with E-state index in [-0.39, 0.29) is 5.56 Å². The van der Waals surface area contributed by atoms with Gasteiger partial charge in [-0.15, -0.1) is 0 Å². The average molecular weight is 388 g/mol. The first-order valence-electron chi connectivity index (χ1n) is 10.1. The number of hydrogen-bond donors (Lipinski definition) is 0. The van der Waals surface area contributed by atoms with Gasteiger partial charge in [-0.1, -0.05) is 6.07 Å². The van der Waals surface area contributed by atoms with E-state index in [0.717, 1.165) is 60.9 Å². The van der Waals surface area contributed by atoms with Crippen LogP contribution in [0.3, 0.4) is 0 Å². The molecule has 2 bridgehead atoms. The minimum absolute atomic E-state index is 0.0864. The van der Waals surface area contributed by atoms with Gasteiger partial charge in [0.15, 0.2) is 0 Å². The van der Waals surface area contributed by atoms with Gasteiger partial charge in [0, 0.05) is 61.8 Å². The zero-order valence-corrected chi connectivity index (χ0v) is 16.5. The number of rotatable bonds is 4. The summed E-state index contributed by atoms with van der Waals surface area (Å²) in [6.07, 6.45) is 6.55. The molecule has 2 atom stereocenters. The van der Waals surface area contributed by atoms with Crippen LogP contribution in [0, 0.1) is 5.92 Å². The smallest absolute Gasteiger partial charge is 0.251 e. The molecule has 3 aromatic heterocycles. The Bertz CT molecular complexity index is 1080. The van der Waals surface area contributed by atoms with Crippen LogP contribution in [-0.4, -0.2) is 39.6 Å². The fourth-order valence-corrected chi connectivity index (χ4v) is 4.79. The number of piperidine rings is 1. The number of hydrogen-bond acceptors (Lipinski definition) is 5. The molecule has 6 heteroatoms. The lowest BCUT2D eigenvalue weighted by Crippen LogP contribution is -2.46. The summed E-state index contributed by atoms with van der Waals surface area (Å²) in [4.78, 5) is 24.0. The second kappa shape index (κ2) is 7.44. The van der Waals surface area contributed by atoms with E-state index in [1.165, 1.54) is 0 Å². The molecule has 0 radical (unpaired) electrons. The number of aromatic nitrogens is 3. The van der Waals surface area contributed by atoms with Gasteiger partial charge >= 0.3 is 0 Å². The summed E-state index contributed by atoms with van der Waals surface area (Å²) in [5.74, 6) is 1.65. The van der Waals surface area contributed by atoms with Crippen molar-refractivity contribution in [2.24, 2.45) is 5.92 Å². The molecular weight excluding hydrogens is 364 g/mol. The van der Waals surface area contributed by atoms with E-state index < -0.39 is 0 Å². The second-order valence-electron chi connectivity index (χ2n) is 8.06. The lowest BCUT2D eigenvalue weighted by Gasteiger charge is -2.43. The van der Waals surface area contributed by atoms with Crippen LogP contribution in [-0.2, 0) is 13.1 Å². The molecule has 0 unspecified atom stereocenters. The molecule has 0 N–H and O–H groups in total. The molecule has 0 saturated carbocycles. The number of likely N-dealkylation sites (tertiary alicyclic amines) is 1. The molecule has 3 aromatic rings. The van der Waals surface area contributed by atoms with Crippen molar-refractivity contribution in [3.8, 4) is 17.0 Å². The lowest BCUT2D eigenvalue weighted by atomic mass is 9.82. The molecule has 0 aromatic carbocycles. The van der Waals surface area contributed by atoms with Gasteiger partial charge in [-0.2, -0.15) is 0 Å². The Morgan fingerprint density at radius 2 is 2.07 bits per heavy atom. The quantitative estimate of drug-likeness (QED) is 0.688. The summed E-state index contributed by atoms with van der Waals surface area (Å²) < 4.78 is 7.29. The van der Waals surface area contributed by atoms with E-state index in [1.54, 1.807) is 25.6 Å². The van der Waals surface area contributed by atoms with Gasteiger partial charge < -0.3 is 9.30 Å². The van der Waals surface area contributed by atoms with Crippen molar-refractivity contribution in [2.75, 3.05) is 20.2 Å². The predicted molar refractivity (Wildman–Crippen MR) is 111 cm³/mol. The van der Waals surface area contributed by atoms with E-state index in [9.17, 15) is 4.79 Å². The zero-order valence-electron chi connectivity index (χ0n) is 16.5. The van der Waals surface area contributed by atoms with Crippen LogP contribution in [0.15, 0.2) is 59.8 Å². The Kier molecular flexibility index (Phi) is 4.64. The maximum absolute atomic E-state index is 12.8. The molecule has 6 nitrogen and oxygen atoms in total. The molecule has 29 heavy (non-hydrogen) atoms. The molecule has 2 aliphatic rings. The predicted octanol–water partition coefficient (Wildman–Crippen LogP) is 2.93. The summed E-state index contributed by atoms with van der Waals surface area (Å²) in [5.41, 5.74) is 4.15. The van der Waals surface area contributed by atoms with Crippen molar-refractivity contribution in [1.29, 1.82) is 0 Å². The van der Waals surface area contributed by atoms with Crippen LogP contribution < -0.4 is 10.3 Å². The normalized spacial score (nSPS) is 20.9. The topological polar surface area (TPSA) is 60.2 Å². The Morgan fingerprint density at radius 1 is 1.14 bits per heavy atom. The first-order valence-corrected chi connectivity index (χ1v) is 10.1. The molecular formula is C23H24N4O2. The Morgan fingerprint density at radius 3 is 2.90 bits per heavy atom. The fourth-order valence-electron chi connectivity index (χ4n) is 4.79. The summed E-state index contributed by atoms with van der Waals surface area (Å²) in [6, 6.07) is 11.8. The SMILES string of the molecule is COc1cncc(CN2C[C@@H]3C[C@H](C2)c2cc(-c4ccccn4)cc(=O)n2C3)c1. The molecule has 5 heterocycles. The molecule has 1 fully saturated rings. The highest BCUT2D eigenvalue weighted by molar-refractivity contribution is 5.59. The average Bonchev–Trinajstić information content (AvgIpc) is 2.75. The standard InChI is InChI=1S/C23H24N4O2/c1-29-20-7-16(10-24-11-20)12-26-13-17-6-19(15-26)22-8-18(9-23(28)27(22)14-17)21-4-2-3-5-25-21/h2-5,7-11,17,19H,6,12-15H2,1H3/t17-,19+/m0/s1. The Labute approximate surface area is 169 Å². The fraction of sp³-hybridized carbons (Fsp3) is 0.348. The third kappa shape index (κ3) is 3.56. The molecule has 0 spiro atoms. The highest BCUT2D eigenvalue weighted by Crippen LogP contribution is 2.36.